The number of aromatic nitrogens is 2. The Morgan fingerprint density at radius 3 is 2.72 bits per heavy atom. The van der Waals surface area contributed by atoms with Crippen molar-refractivity contribution >= 4 is 39.8 Å². The molecule has 1 saturated carbocycles. The van der Waals surface area contributed by atoms with Crippen LogP contribution in [0.3, 0.4) is 0 Å². The maximum absolute atomic E-state index is 13.8. The molecule has 11 heteroatoms. The maximum atomic E-state index is 13.8. The molecule has 0 N–H and O–H groups in total. The summed E-state index contributed by atoms with van der Waals surface area (Å²) in [5.74, 6) is -1.06. The van der Waals surface area contributed by atoms with Crippen molar-refractivity contribution in [1.82, 2.24) is 14.9 Å². The van der Waals surface area contributed by atoms with Crippen LogP contribution in [-0.2, 0) is 22.5 Å². The van der Waals surface area contributed by atoms with Crippen LogP contribution < -0.4 is 14.5 Å². The predicted octanol–water partition coefficient (Wildman–Crippen LogP) is 5.21. The molecule has 1 aliphatic carbocycles. The summed E-state index contributed by atoms with van der Waals surface area (Å²) in [6.45, 7) is 15.3. The highest BCUT2D eigenvalue weighted by atomic mass is 35.5. The van der Waals surface area contributed by atoms with E-state index in [1.54, 1.807) is 0 Å². The summed E-state index contributed by atoms with van der Waals surface area (Å²) in [6.07, 6.45) is 3.04. The first-order valence-corrected chi connectivity index (χ1v) is 15.0. The second-order valence-electron chi connectivity index (χ2n) is 11.3. The van der Waals surface area contributed by atoms with Gasteiger partial charge in [-0.05, 0) is 43.7 Å². The van der Waals surface area contributed by atoms with Gasteiger partial charge in [0.15, 0.2) is 5.83 Å². The first-order chi connectivity index (χ1) is 20.8. The van der Waals surface area contributed by atoms with Gasteiger partial charge in [0.1, 0.15) is 18.5 Å². The lowest BCUT2D eigenvalue weighted by Gasteiger charge is -2.41. The van der Waals surface area contributed by atoms with Crippen molar-refractivity contribution in [3.05, 3.63) is 76.5 Å². The average Bonchev–Trinajstić information content (AvgIpc) is 3.83. The summed E-state index contributed by atoms with van der Waals surface area (Å²) in [7, 11) is 0. The molecule has 224 valence electrons. The van der Waals surface area contributed by atoms with Crippen LogP contribution in [0.4, 0.5) is 15.9 Å². The zero-order chi connectivity index (χ0) is 30.1. The fraction of sp³-hybridized carbons (Fsp3) is 0.438. The predicted molar refractivity (Wildman–Crippen MR) is 164 cm³/mol. The van der Waals surface area contributed by atoms with E-state index in [0.717, 1.165) is 52.9 Å². The third-order valence-corrected chi connectivity index (χ3v) is 8.48. The van der Waals surface area contributed by atoms with Crippen molar-refractivity contribution in [2.45, 2.75) is 51.0 Å². The van der Waals surface area contributed by atoms with Gasteiger partial charge in [0.05, 0.1) is 29.5 Å². The van der Waals surface area contributed by atoms with Crippen LogP contribution in [0.2, 0.25) is 5.02 Å². The molecule has 3 heterocycles. The van der Waals surface area contributed by atoms with Crippen LogP contribution in [0.15, 0.2) is 48.8 Å². The summed E-state index contributed by atoms with van der Waals surface area (Å²) in [5.41, 5.74) is 2.90. The number of rotatable bonds is 9. The molecular weight excluding hydrogens is 571 g/mol. The van der Waals surface area contributed by atoms with E-state index >= 15 is 0 Å². The second-order valence-corrected chi connectivity index (χ2v) is 11.7. The molecule has 9 nitrogen and oxygen atoms in total. The second kappa shape index (κ2) is 12.3. The molecular formula is C32H34ClFN6O3. The molecule has 2 fully saturated rings. The molecule has 0 bridgehead atoms. The molecule has 1 aromatic heterocycles. The summed E-state index contributed by atoms with van der Waals surface area (Å²) in [4.78, 5) is 31.5. The highest BCUT2D eigenvalue weighted by molar-refractivity contribution is 6.36. The standard InChI is InChI=1S/C32H34ClFN6O3/c1-20(43-24-10-11-24)19-42-32-36-27-18-38(28-9-5-7-22-6-4-8-26(33)29(22)28)13-12-25(27)30(37-32)39-14-15-40(31(41)21(2)34)23(17-39)16-35-3/h4-9,20,23-24H,2,10-19H2,1H3/t20-,23-/m0/s1. The Bertz CT molecular complexity index is 1590. The Balaban J connectivity index is 1.32. The molecule has 2 aliphatic heterocycles. The number of nitrogens with zero attached hydrogens (tertiary/aromatic N) is 6. The monoisotopic (exact) mass is 604 g/mol. The zero-order valence-corrected chi connectivity index (χ0v) is 24.9. The average molecular weight is 605 g/mol. The van der Waals surface area contributed by atoms with Gasteiger partial charge >= 0.3 is 6.01 Å². The molecule has 43 heavy (non-hydrogen) atoms. The minimum absolute atomic E-state index is 0.0534. The molecule has 1 amide bonds. The SMILES string of the molecule is [C-]#[N+]C[C@H]1CN(c2nc(OC[C@H](C)OC3CC3)nc3c2CCN(c2cccc4cccc(Cl)c24)C3)CCN1C(=O)C(=C)F. The van der Waals surface area contributed by atoms with Gasteiger partial charge < -0.3 is 29.0 Å². The topological polar surface area (TPSA) is 75.4 Å². The molecule has 2 aromatic carbocycles. The van der Waals surface area contributed by atoms with E-state index in [1.165, 1.54) is 4.90 Å². The minimum Gasteiger partial charge on any atom is -0.461 e. The minimum atomic E-state index is -1.02. The molecule has 2 atom stereocenters. The smallest absolute Gasteiger partial charge is 0.318 e. The van der Waals surface area contributed by atoms with Crippen LogP contribution in [0, 0.1) is 6.57 Å². The van der Waals surface area contributed by atoms with E-state index < -0.39 is 17.8 Å². The van der Waals surface area contributed by atoms with Crippen LogP contribution in [-0.4, -0.2) is 78.4 Å². The number of benzene rings is 2. The third kappa shape index (κ3) is 6.24. The largest absolute Gasteiger partial charge is 0.461 e. The fourth-order valence-corrected chi connectivity index (χ4v) is 6.23. The number of piperazine rings is 1. The Morgan fingerprint density at radius 2 is 1.98 bits per heavy atom. The maximum Gasteiger partial charge on any atom is 0.318 e. The number of anilines is 2. The molecule has 0 unspecified atom stereocenters. The van der Waals surface area contributed by atoms with E-state index in [2.05, 4.69) is 39.4 Å². The fourth-order valence-electron chi connectivity index (χ4n) is 5.96. The lowest BCUT2D eigenvalue weighted by Crippen LogP contribution is -2.57. The van der Waals surface area contributed by atoms with Gasteiger partial charge in [0, 0.05) is 42.8 Å². The van der Waals surface area contributed by atoms with E-state index in [-0.39, 0.29) is 25.2 Å². The highest BCUT2D eigenvalue weighted by Gasteiger charge is 2.36. The van der Waals surface area contributed by atoms with E-state index in [4.69, 9.17) is 37.6 Å². The van der Waals surface area contributed by atoms with Crippen molar-refractivity contribution in [1.29, 1.82) is 0 Å². The van der Waals surface area contributed by atoms with E-state index in [0.29, 0.717) is 43.8 Å². The van der Waals surface area contributed by atoms with E-state index in [1.807, 2.05) is 25.1 Å². The molecule has 0 spiro atoms. The summed E-state index contributed by atoms with van der Waals surface area (Å²) < 4.78 is 25.8. The number of carbonyl (C=O) groups excluding carboxylic acids is 1. The first-order valence-electron chi connectivity index (χ1n) is 14.7. The third-order valence-electron chi connectivity index (χ3n) is 8.17. The van der Waals surface area contributed by atoms with Crippen LogP contribution in [0.25, 0.3) is 15.6 Å². The summed E-state index contributed by atoms with van der Waals surface area (Å²) in [6, 6.07) is 11.9. The van der Waals surface area contributed by atoms with Crippen LogP contribution in [0.5, 0.6) is 6.01 Å². The Morgan fingerprint density at radius 1 is 1.19 bits per heavy atom. The van der Waals surface area contributed by atoms with Crippen LogP contribution >= 0.6 is 11.6 Å². The normalized spacial score (nSPS) is 19.1. The lowest BCUT2D eigenvalue weighted by molar-refractivity contribution is -0.131. The molecule has 3 aliphatic rings. The number of halogens is 2. The molecule has 1 saturated heterocycles. The van der Waals surface area contributed by atoms with Crippen molar-refractivity contribution < 1.29 is 18.7 Å². The van der Waals surface area contributed by atoms with Crippen molar-refractivity contribution in [3.63, 3.8) is 0 Å². The number of ether oxygens (including phenoxy) is 2. The van der Waals surface area contributed by atoms with E-state index in [9.17, 15) is 9.18 Å². The highest BCUT2D eigenvalue weighted by Crippen LogP contribution is 2.37. The summed E-state index contributed by atoms with van der Waals surface area (Å²) in [5, 5.41) is 2.77. The Labute approximate surface area is 255 Å². The molecule has 6 rings (SSSR count). The van der Waals surface area contributed by atoms with Crippen molar-refractivity contribution in [2.24, 2.45) is 0 Å². The van der Waals surface area contributed by atoms with Crippen molar-refractivity contribution in [2.75, 3.05) is 49.1 Å². The number of hydrogen-bond acceptors (Lipinski definition) is 7. The molecule has 0 radical (unpaired) electrons. The van der Waals surface area contributed by atoms with Gasteiger partial charge in [0.25, 0.3) is 5.91 Å². The number of fused-ring (bicyclic) bond motifs is 2. The van der Waals surface area contributed by atoms with Crippen LogP contribution in [0.1, 0.15) is 31.0 Å². The van der Waals surface area contributed by atoms with Gasteiger partial charge in [-0.25, -0.2) is 11.0 Å². The van der Waals surface area contributed by atoms with Gasteiger partial charge in [-0.1, -0.05) is 42.4 Å². The van der Waals surface area contributed by atoms with Gasteiger partial charge in [-0.15, -0.1) is 0 Å². The van der Waals surface area contributed by atoms with Gasteiger partial charge in [0.2, 0.25) is 6.54 Å². The quantitative estimate of drug-likeness (QED) is 0.245. The molecule has 3 aromatic rings. The number of hydrogen-bond donors (Lipinski definition) is 0. The Hall–Kier alpha value is -3.94. The Kier molecular flexibility index (Phi) is 8.37. The first kappa shape index (κ1) is 29.1. The number of carbonyl (C=O) groups is 1. The summed E-state index contributed by atoms with van der Waals surface area (Å²) >= 11 is 6.67. The number of amides is 1. The lowest BCUT2D eigenvalue weighted by atomic mass is 10.0. The van der Waals surface area contributed by atoms with Gasteiger partial charge in [-0.3, -0.25) is 4.79 Å². The van der Waals surface area contributed by atoms with Crippen molar-refractivity contribution in [3.8, 4) is 6.01 Å². The van der Waals surface area contributed by atoms with Gasteiger partial charge in [-0.2, -0.15) is 9.97 Å². The zero-order valence-electron chi connectivity index (χ0n) is 24.1.